The highest BCUT2D eigenvalue weighted by Crippen LogP contribution is 2.11. The minimum atomic E-state index is -3.68. The van der Waals surface area contributed by atoms with Gasteiger partial charge in [0.1, 0.15) is 16.7 Å². The maximum Gasteiger partial charge on any atom is 0.242 e. The van der Waals surface area contributed by atoms with E-state index in [9.17, 15) is 13.2 Å². The van der Waals surface area contributed by atoms with Gasteiger partial charge in [-0.3, -0.25) is 4.79 Å². The van der Waals surface area contributed by atoms with Gasteiger partial charge in [0.15, 0.2) is 0 Å². The van der Waals surface area contributed by atoms with E-state index >= 15 is 0 Å². The van der Waals surface area contributed by atoms with Crippen molar-refractivity contribution in [2.45, 2.75) is 23.8 Å². The molecule has 1 atom stereocenters. The SMILES string of the molecule is N#Cc1ccc(S(=O)(=O)NC2CCC(=O)NC2)cn1. The van der Waals surface area contributed by atoms with Crippen molar-refractivity contribution in [2.75, 3.05) is 6.54 Å². The molecule has 0 aromatic carbocycles. The van der Waals surface area contributed by atoms with Crippen LogP contribution in [0.3, 0.4) is 0 Å². The Morgan fingerprint density at radius 2 is 2.26 bits per heavy atom. The lowest BCUT2D eigenvalue weighted by Gasteiger charge is -2.23. The van der Waals surface area contributed by atoms with E-state index in [0.717, 1.165) is 6.20 Å². The van der Waals surface area contributed by atoms with E-state index < -0.39 is 10.0 Å². The van der Waals surface area contributed by atoms with Crippen molar-refractivity contribution < 1.29 is 13.2 Å². The summed E-state index contributed by atoms with van der Waals surface area (Å²) in [5, 5.41) is 11.2. The molecular formula is C11H12N4O3S. The van der Waals surface area contributed by atoms with Gasteiger partial charge in [0.05, 0.1) is 0 Å². The summed E-state index contributed by atoms with van der Waals surface area (Å²) in [5.74, 6) is -0.0736. The average molecular weight is 280 g/mol. The van der Waals surface area contributed by atoms with Gasteiger partial charge >= 0.3 is 0 Å². The molecule has 2 N–H and O–H groups in total. The first-order valence-corrected chi connectivity index (χ1v) is 7.15. The molecule has 19 heavy (non-hydrogen) atoms. The molecule has 1 aliphatic rings. The zero-order valence-corrected chi connectivity index (χ0v) is 10.8. The van der Waals surface area contributed by atoms with Crippen molar-refractivity contribution in [1.29, 1.82) is 5.26 Å². The number of aromatic nitrogens is 1. The average Bonchev–Trinajstić information content (AvgIpc) is 2.41. The molecule has 1 saturated heterocycles. The van der Waals surface area contributed by atoms with Crippen LogP contribution in [0, 0.1) is 11.3 Å². The third kappa shape index (κ3) is 3.27. The molecule has 1 amide bonds. The van der Waals surface area contributed by atoms with Crippen LogP contribution >= 0.6 is 0 Å². The monoisotopic (exact) mass is 280 g/mol. The highest BCUT2D eigenvalue weighted by atomic mass is 32.2. The number of nitrogens with one attached hydrogen (secondary N) is 2. The number of carbonyl (C=O) groups is 1. The van der Waals surface area contributed by atoms with Crippen molar-refractivity contribution in [3.05, 3.63) is 24.0 Å². The van der Waals surface area contributed by atoms with E-state index in [1.54, 1.807) is 0 Å². The number of rotatable bonds is 3. The standard InChI is InChI=1S/C11H12N4O3S/c12-5-8-1-3-10(7-13-8)19(17,18)15-9-2-4-11(16)14-6-9/h1,3,7,9,15H,2,4,6H2,(H,14,16). The van der Waals surface area contributed by atoms with Crippen LogP contribution in [0.4, 0.5) is 0 Å². The minimum absolute atomic E-state index is 0.00315. The van der Waals surface area contributed by atoms with Gasteiger partial charge in [-0.25, -0.2) is 18.1 Å². The summed E-state index contributed by atoms with van der Waals surface area (Å²) in [4.78, 5) is 14.7. The fourth-order valence-corrected chi connectivity index (χ4v) is 2.94. The van der Waals surface area contributed by atoms with Crippen LogP contribution in [0.5, 0.6) is 0 Å². The van der Waals surface area contributed by atoms with Gasteiger partial charge in [-0.15, -0.1) is 0 Å². The molecule has 1 fully saturated rings. The van der Waals surface area contributed by atoms with Crippen molar-refractivity contribution >= 4 is 15.9 Å². The molecule has 2 rings (SSSR count). The molecule has 1 aromatic rings. The number of pyridine rings is 1. The number of amides is 1. The number of nitrogens with zero attached hydrogens (tertiary/aromatic N) is 2. The topological polar surface area (TPSA) is 112 Å². The van der Waals surface area contributed by atoms with Gasteiger partial charge in [-0.2, -0.15) is 5.26 Å². The number of piperidine rings is 1. The second-order valence-corrected chi connectivity index (χ2v) is 5.87. The van der Waals surface area contributed by atoms with Gasteiger partial charge in [0.2, 0.25) is 15.9 Å². The maximum atomic E-state index is 12.0. The predicted molar refractivity (Wildman–Crippen MR) is 65.3 cm³/mol. The second kappa shape index (κ2) is 5.34. The summed E-state index contributed by atoms with van der Waals surface area (Å²) >= 11 is 0. The lowest BCUT2D eigenvalue weighted by atomic mass is 10.1. The Labute approximate surface area is 110 Å². The van der Waals surface area contributed by atoms with Crippen LogP contribution in [0.25, 0.3) is 0 Å². The quantitative estimate of drug-likeness (QED) is 0.776. The largest absolute Gasteiger partial charge is 0.355 e. The summed E-state index contributed by atoms with van der Waals surface area (Å²) in [6.45, 7) is 0.280. The first-order chi connectivity index (χ1) is 9.01. The Morgan fingerprint density at radius 3 is 2.79 bits per heavy atom. The van der Waals surface area contributed by atoms with E-state index in [-0.39, 0.29) is 29.1 Å². The number of hydrogen-bond acceptors (Lipinski definition) is 5. The minimum Gasteiger partial charge on any atom is -0.355 e. The Kier molecular flexibility index (Phi) is 3.78. The molecular weight excluding hydrogens is 268 g/mol. The molecule has 7 nitrogen and oxygen atoms in total. The molecule has 0 radical (unpaired) electrons. The van der Waals surface area contributed by atoms with E-state index in [2.05, 4.69) is 15.0 Å². The summed E-state index contributed by atoms with van der Waals surface area (Å²) in [6.07, 6.45) is 1.91. The molecule has 8 heteroatoms. The predicted octanol–water partition coefficient (Wildman–Crippen LogP) is -0.490. The highest BCUT2D eigenvalue weighted by Gasteiger charge is 2.24. The van der Waals surface area contributed by atoms with Gasteiger partial charge in [-0.1, -0.05) is 0 Å². The summed E-state index contributed by atoms with van der Waals surface area (Å²) in [6, 6.07) is 4.17. The van der Waals surface area contributed by atoms with Crippen LogP contribution in [0.1, 0.15) is 18.5 Å². The Hall–Kier alpha value is -1.98. The number of sulfonamides is 1. The summed E-state index contributed by atoms with van der Waals surface area (Å²) in [5.41, 5.74) is 0.156. The van der Waals surface area contributed by atoms with E-state index in [1.807, 2.05) is 6.07 Å². The van der Waals surface area contributed by atoms with E-state index in [0.29, 0.717) is 12.8 Å². The Morgan fingerprint density at radius 1 is 1.47 bits per heavy atom. The molecule has 2 heterocycles. The fourth-order valence-electron chi connectivity index (χ4n) is 1.73. The van der Waals surface area contributed by atoms with Crippen LogP contribution < -0.4 is 10.0 Å². The van der Waals surface area contributed by atoms with Gasteiger partial charge in [0, 0.05) is 25.2 Å². The molecule has 0 saturated carbocycles. The molecule has 100 valence electrons. The fraction of sp³-hybridized carbons (Fsp3) is 0.364. The third-order valence-corrected chi connectivity index (χ3v) is 4.25. The van der Waals surface area contributed by atoms with Crippen LogP contribution in [0.15, 0.2) is 23.2 Å². The first-order valence-electron chi connectivity index (χ1n) is 5.66. The zero-order chi connectivity index (χ0) is 13.9. The van der Waals surface area contributed by atoms with Crippen molar-refractivity contribution in [2.24, 2.45) is 0 Å². The molecule has 0 bridgehead atoms. The summed E-state index contributed by atoms with van der Waals surface area (Å²) < 4.78 is 26.6. The molecule has 0 spiro atoms. The smallest absolute Gasteiger partial charge is 0.242 e. The zero-order valence-electron chi connectivity index (χ0n) is 9.96. The van der Waals surface area contributed by atoms with Crippen molar-refractivity contribution in [3.8, 4) is 6.07 Å². The lowest BCUT2D eigenvalue weighted by molar-refractivity contribution is -0.122. The Bertz CT molecular complexity index is 608. The van der Waals surface area contributed by atoms with E-state index in [4.69, 9.17) is 5.26 Å². The van der Waals surface area contributed by atoms with Crippen LogP contribution in [0.2, 0.25) is 0 Å². The van der Waals surface area contributed by atoms with Crippen molar-refractivity contribution in [1.82, 2.24) is 15.0 Å². The number of nitriles is 1. The van der Waals surface area contributed by atoms with Gasteiger partial charge in [0.25, 0.3) is 0 Å². The molecule has 1 aliphatic heterocycles. The number of carbonyl (C=O) groups excluding carboxylic acids is 1. The Balaban J connectivity index is 2.09. The lowest BCUT2D eigenvalue weighted by Crippen LogP contribution is -2.47. The van der Waals surface area contributed by atoms with E-state index in [1.165, 1.54) is 12.1 Å². The van der Waals surface area contributed by atoms with Crippen LogP contribution in [-0.4, -0.2) is 31.9 Å². The normalized spacial score (nSPS) is 19.5. The first kappa shape index (κ1) is 13.5. The van der Waals surface area contributed by atoms with Crippen LogP contribution in [-0.2, 0) is 14.8 Å². The second-order valence-electron chi connectivity index (χ2n) is 4.15. The van der Waals surface area contributed by atoms with Gasteiger partial charge in [-0.05, 0) is 18.6 Å². The highest BCUT2D eigenvalue weighted by molar-refractivity contribution is 7.89. The maximum absolute atomic E-state index is 12.0. The number of hydrogen-bond donors (Lipinski definition) is 2. The molecule has 0 aliphatic carbocycles. The molecule has 1 unspecified atom stereocenters. The summed E-state index contributed by atoms with van der Waals surface area (Å²) in [7, 11) is -3.68. The van der Waals surface area contributed by atoms with Gasteiger partial charge < -0.3 is 5.32 Å². The van der Waals surface area contributed by atoms with Crippen molar-refractivity contribution in [3.63, 3.8) is 0 Å². The molecule has 1 aromatic heterocycles. The third-order valence-electron chi connectivity index (χ3n) is 2.75.